The van der Waals surface area contributed by atoms with Crippen LogP contribution in [0.4, 0.5) is 5.69 Å². The number of nitro benzene ring substituents is 1. The van der Waals surface area contributed by atoms with Gasteiger partial charge in [-0.15, -0.1) is 5.75 Å². The maximum absolute atomic E-state index is 11.4. The molecule has 0 amide bonds. The van der Waals surface area contributed by atoms with Crippen molar-refractivity contribution in [2.75, 3.05) is 0 Å². The Morgan fingerprint density at radius 2 is 1.86 bits per heavy atom. The summed E-state index contributed by atoms with van der Waals surface area (Å²) in [7, 11) is 0. The predicted molar refractivity (Wildman–Crippen MR) is 51.2 cm³/mol. The molecule has 0 fully saturated rings. The quantitative estimate of drug-likeness (QED) is 0.507. The van der Waals surface area contributed by atoms with E-state index < -0.39 is 4.92 Å². The Morgan fingerprint density at radius 3 is 2.29 bits per heavy atom. The van der Waals surface area contributed by atoms with Crippen LogP contribution >= 0.6 is 0 Å². The normalized spacial score (nSPS) is 11.4. The van der Waals surface area contributed by atoms with E-state index in [1.54, 1.807) is 0 Å². The highest BCUT2D eigenvalue weighted by molar-refractivity contribution is 5.45. The minimum atomic E-state index is -0.491. The van der Waals surface area contributed by atoms with Crippen LogP contribution in [0.1, 0.15) is 26.3 Å². The zero-order chi connectivity index (χ0) is 10.9. The van der Waals surface area contributed by atoms with Crippen molar-refractivity contribution in [3.63, 3.8) is 0 Å². The largest absolute Gasteiger partial charge is 0.872 e. The van der Waals surface area contributed by atoms with Crippen LogP contribution in [0.15, 0.2) is 18.2 Å². The lowest BCUT2D eigenvalue weighted by Gasteiger charge is -2.25. The summed E-state index contributed by atoms with van der Waals surface area (Å²) in [6.07, 6.45) is 0. The lowest BCUT2D eigenvalue weighted by molar-refractivity contribution is -0.385. The Labute approximate surface area is 82.3 Å². The van der Waals surface area contributed by atoms with Crippen LogP contribution < -0.4 is 5.11 Å². The fourth-order valence-corrected chi connectivity index (χ4v) is 1.22. The van der Waals surface area contributed by atoms with Gasteiger partial charge in [0.2, 0.25) is 0 Å². The predicted octanol–water partition coefficient (Wildman–Crippen LogP) is 1.97. The molecule has 4 heteroatoms. The molecular weight excluding hydrogens is 182 g/mol. The van der Waals surface area contributed by atoms with E-state index in [2.05, 4.69) is 0 Å². The van der Waals surface area contributed by atoms with E-state index in [1.807, 2.05) is 20.8 Å². The molecule has 0 aliphatic heterocycles. The first-order valence-electron chi connectivity index (χ1n) is 4.28. The van der Waals surface area contributed by atoms with Crippen LogP contribution in [0, 0.1) is 10.1 Å². The Hall–Kier alpha value is -1.58. The van der Waals surface area contributed by atoms with E-state index in [9.17, 15) is 15.2 Å². The molecule has 0 radical (unpaired) electrons. The van der Waals surface area contributed by atoms with Gasteiger partial charge >= 0.3 is 0 Å². The molecular formula is C10H12NO3-. The lowest BCUT2D eigenvalue weighted by atomic mass is 9.86. The van der Waals surface area contributed by atoms with E-state index in [4.69, 9.17) is 0 Å². The summed E-state index contributed by atoms with van der Waals surface area (Å²) in [6, 6.07) is 3.83. The van der Waals surface area contributed by atoms with Gasteiger partial charge in [0, 0.05) is 12.1 Å². The van der Waals surface area contributed by atoms with Crippen LogP contribution in [-0.4, -0.2) is 4.92 Å². The molecule has 4 nitrogen and oxygen atoms in total. The van der Waals surface area contributed by atoms with E-state index in [0.29, 0.717) is 5.56 Å². The van der Waals surface area contributed by atoms with Crippen LogP contribution in [0.5, 0.6) is 5.75 Å². The van der Waals surface area contributed by atoms with Crippen molar-refractivity contribution in [2.45, 2.75) is 26.2 Å². The smallest absolute Gasteiger partial charge is 0.269 e. The summed E-state index contributed by atoms with van der Waals surface area (Å²) >= 11 is 0. The third-order valence-electron chi connectivity index (χ3n) is 1.98. The first-order valence-corrected chi connectivity index (χ1v) is 4.28. The number of nitro groups is 1. The molecule has 76 valence electrons. The fraction of sp³-hybridized carbons (Fsp3) is 0.400. The Kier molecular flexibility index (Phi) is 2.47. The van der Waals surface area contributed by atoms with Crippen molar-refractivity contribution in [3.8, 4) is 5.75 Å². The second-order valence-corrected chi connectivity index (χ2v) is 4.19. The minimum Gasteiger partial charge on any atom is -0.872 e. The van der Waals surface area contributed by atoms with Gasteiger partial charge in [-0.25, -0.2) is 0 Å². The van der Waals surface area contributed by atoms with E-state index >= 15 is 0 Å². The number of hydrogen-bond acceptors (Lipinski definition) is 3. The Balaban J connectivity index is 3.29. The van der Waals surface area contributed by atoms with Crippen molar-refractivity contribution in [1.82, 2.24) is 0 Å². The van der Waals surface area contributed by atoms with Gasteiger partial charge in [0.15, 0.2) is 0 Å². The monoisotopic (exact) mass is 194 g/mol. The highest BCUT2D eigenvalue weighted by Crippen LogP contribution is 2.31. The van der Waals surface area contributed by atoms with Gasteiger partial charge in [-0.1, -0.05) is 26.8 Å². The second kappa shape index (κ2) is 3.29. The molecule has 14 heavy (non-hydrogen) atoms. The van der Waals surface area contributed by atoms with Gasteiger partial charge in [0.1, 0.15) is 0 Å². The summed E-state index contributed by atoms with van der Waals surface area (Å²) in [4.78, 5) is 10.0. The molecule has 0 atom stereocenters. The molecule has 0 unspecified atom stereocenters. The molecule has 0 spiro atoms. The van der Waals surface area contributed by atoms with Gasteiger partial charge in [0.05, 0.1) is 4.92 Å². The molecule has 1 aromatic carbocycles. The third kappa shape index (κ3) is 2.02. The number of hydrogen-bond donors (Lipinski definition) is 0. The zero-order valence-corrected chi connectivity index (χ0v) is 8.40. The molecule has 0 heterocycles. The highest BCUT2D eigenvalue weighted by atomic mass is 16.6. The molecule has 0 saturated carbocycles. The molecule has 0 aliphatic rings. The van der Waals surface area contributed by atoms with Gasteiger partial charge < -0.3 is 5.11 Å². The van der Waals surface area contributed by atoms with Crippen LogP contribution in [0.25, 0.3) is 0 Å². The summed E-state index contributed by atoms with van der Waals surface area (Å²) < 4.78 is 0. The van der Waals surface area contributed by atoms with E-state index in [-0.39, 0.29) is 16.9 Å². The number of benzene rings is 1. The van der Waals surface area contributed by atoms with E-state index in [0.717, 1.165) is 0 Å². The average Bonchev–Trinajstić information content (AvgIpc) is 2.02. The first kappa shape index (κ1) is 10.5. The standard InChI is InChI=1S/C10H13NO3/c1-10(2,3)8-6-7(11(13)14)4-5-9(8)12/h4-6,12H,1-3H3/p-1. The summed E-state index contributed by atoms with van der Waals surface area (Å²) in [5.74, 6) is -0.150. The number of non-ortho nitro benzene ring substituents is 1. The van der Waals surface area contributed by atoms with Gasteiger partial charge in [0.25, 0.3) is 5.69 Å². The molecule has 0 N–H and O–H groups in total. The second-order valence-electron chi connectivity index (χ2n) is 4.19. The average molecular weight is 194 g/mol. The molecule has 0 aliphatic carbocycles. The van der Waals surface area contributed by atoms with Gasteiger partial charge in [-0.3, -0.25) is 10.1 Å². The van der Waals surface area contributed by atoms with Crippen molar-refractivity contribution < 1.29 is 10.0 Å². The molecule has 0 saturated heterocycles. The maximum Gasteiger partial charge on any atom is 0.269 e. The zero-order valence-electron chi connectivity index (χ0n) is 8.40. The highest BCUT2D eigenvalue weighted by Gasteiger charge is 2.17. The summed E-state index contributed by atoms with van der Waals surface area (Å²) in [5, 5.41) is 21.9. The Morgan fingerprint density at radius 1 is 1.29 bits per heavy atom. The van der Waals surface area contributed by atoms with Gasteiger partial charge in [-0.2, -0.15) is 0 Å². The van der Waals surface area contributed by atoms with E-state index in [1.165, 1.54) is 18.2 Å². The van der Waals surface area contributed by atoms with Crippen molar-refractivity contribution in [1.29, 1.82) is 0 Å². The summed E-state index contributed by atoms with van der Waals surface area (Å²) in [5.41, 5.74) is 0.0875. The third-order valence-corrected chi connectivity index (χ3v) is 1.98. The topological polar surface area (TPSA) is 66.2 Å². The Bertz CT molecular complexity index is 366. The van der Waals surface area contributed by atoms with Crippen molar-refractivity contribution >= 4 is 5.69 Å². The number of rotatable bonds is 1. The molecule has 1 aromatic rings. The molecule has 0 aromatic heterocycles. The van der Waals surface area contributed by atoms with Crippen molar-refractivity contribution in [3.05, 3.63) is 33.9 Å². The molecule has 0 bridgehead atoms. The number of nitrogens with zero attached hydrogens (tertiary/aromatic N) is 1. The summed E-state index contributed by atoms with van der Waals surface area (Å²) in [6.45, 7) is 5.56. The van der Waals surface area contributed by atoms with Gasteiger partial charge in [-0.05, 0) is 11.0 Å². The van der Waals surface area contributed by atoms with Crippen LogP contribution in [-0.2, 0) is 5.41 Å². The maximum atomic E-state index is 11.4. The van der Waals surface area contributed by atoms with Crippen LogP contribution in [0.2, 0.25) is 0 Å². The van der Waals surface area contributed by atoms with Crippen LogP contribution in [0.3, 0.4) is 0 Å². The fourth-order valence-electron chi connectivity index (χ4n) is 1.22. The molecule has 1 rings (SSSR count). The SMILES string of the molecule is CC(C)(C)c1cc([N+](=O)[O-])ccc1[O-]. The first-order chi connectivity index (χ1) is 6.32. The van der Waals surface area contributed by atoms with Crippen molar-refractivity contribution in [2.24, 2.45) is 0 Å². The lowest BCUT2D eigenvalue weighted by Crippen LogP contribution is -2.14. The minimum absolute atomic E-state index is 0.0328.